The molecule has 0 saturated carbocycles. The first-order chi connectivity index (χ1) is 9.17. The first-order valence-electron chi connectivity index (χ1n) is 7.25. The molecule has 0 spiro atoms. The van der Waals surface area contributed by atoms with E-state index in [9.17, 15) is 4.79 Å². The van der Waals surface area contributed by atoms with Crippen LogP contribution in [0.5, 0.6) is 0 Å². The minimum absolute atomic E-state index is 0.225. The standard InChI is InChI=1S/C15H28N4O/c1-10(2)17-15(6,14(16)20)8-7-9-19-13(5)11(3)12(4)18-19/h10,17H,7-9H2,1-6H3,(H2,16,20). The highest BCUT2D eigenvalue weighted by Gasteiger charge is 2.30. The lowest BCUT2D eigenvalue weighted by molar-refractivity contribution is -0.124. The van der Waals surface area contributed by atoms with Gasteiger partial charge in [0.15, 0.2) is 0 Å². The molecule has 0 bridgehead atoms. The van der Waals surface area contributed by atoms with Gasteiger partial charge in [-0.15, -0.1) is 0 Å². The van der Waals surface area contributed by atoms with Crippen molar-refractivity contribution in [3.05, 3.63) is 17.0 Å². The molecule has 0 aliphatic rings. The lowest BCUT2D eigenvalue weighted by atomic mass is 9.94. The predicted molar refractivity (Wildman–Crippen MR) is 81.5 cm³/mol. The molecule has 1 aromatic heterocycles. The van der Waals surface area contributed by atoms with E-state index in [1.165, 1.54) is 11.3 Å². The van der Waals surface area contributed by atoms with Crippen molar-refractivity contribution in [2.75, 3.05) is 0 Å². The van der Waals surface area contributed by atoms with Crippen LogP contribution >= 0.6 is 0 Å². The molecular formula is C15H28N4O. The molecule has 0 radical (unpaired) electrons. The smallest absolute Gasteiger partial charge is 0.237 e. The van der Waals surface area contributed by atoms with E-state index in [1.807, 2.05) is 32.4 Å². The van der Waals surface area contributed by atoms with Gasteiger partial charge in [-0.2, -0.15) is 5.10 Å². The normalized spacial score (nSPS) is 14.6. The summed E-state index contributed by atoms with van der Waals surface area (Å²) >= 11 is 0. The fourth-order valence-electron chi connectivity index (χ4n) is 2.49. The summed E-state index contributed by atoms with van der Waals surface area (Å²) in [6.07, 6.45) is 1.57. The highest BCUT2D eigenvalue weighted by molar-refractivity contribution is 5.84. The Morgan fingerprint density at radius 1 is 1.40 bits per heavy atom. The number of carbonyl (C=O) groups excluding carboxylic acids is 1. The molecule has 1 unspecified atom stereocenters. The number of hydrogen-bond donors (Lipinski definition) is 2. The van der Waals surface area contributed by atoms with Crippen LogP contribution in [0.25, 0.3) is 0 Å². The van der Waals surface area contributed by atoms with Crippen molar-refractivity contribution >= 4 is 5.91 Å². The third-order valence-corrected chi connectivity index (χ3v) is 3.94. The van der Waals surface area contributed by atoms with Crippen molar-refractivity contribution in [1.82, 2.24) is 15.1 Å². The largest absolute Gasteiger partial charge is 0.368 e. The van der Waals surface area contributed by atoms with Gasteiger partial charge in [0.25, 0.3) is 0 Å². The Morgan fingerprint density at radius 2 is 2.00 bits per heavy atom. The van der Waals surface area contributed by atoms with Crippen LogP contribution in [0.1, 0.15) is 50.6 Å². The molecule has 1 atom stereocenters. The lowest BCUT2D eigenvalue weighted by Gasteiger charge is -2.29. The predicted octanol–water partition coefficient (Wildman–Crippen LogP) is 1.83. The number of rotatable bonds is 7. The lowest BCUT2D eigenvalue weighted by Crippen LogP contribution is -2.55. The van der Waals surface area contributed by atoms with Crippen molar-refractivity contribution in [1.29, 1.82) is 0 Å². The summed E-state index contributed by atoms with van der Waals surface area (Å²) in [5, 5.41) is 7.78. The van der Waals surface area contributed by atoms with Gasteiger partial charge in [-0.1, -0.05) is 0 Å². The van der Waals surface area contributed by atoms with E-state index in [-0.39, 0.29) is 11.9 Å². The van der Waals surface area contributed by atoms with Crippen LogP contribution < -0.4 is 11.1 Å². The second-order valence-corrected chi connectivity index (χ2v) is 6.12. The van der Waals surface area contributed by atoms with Gasteiger partial charge in [0.1, 0.15) is 0 Å². The number of aryl methyl sites for hydroxylation is 2. The van der Waals surface area contributed by atoms with Gasteiger partial charge in [0.05, 0.1) is 11.2 Å². The van der Waals surface area contributed by atoms with E-state index >= 15 is 0 Å². The number of nitrogens with zero attached hydrogens (tertiary/aromatic N) is 2. The third-order valence-electron chi connectivity index (χ3n) is 3.94. The monoisotopic (exact) mass is 280 g/mol. The van der Waals surface area contributed by atoms with Crippen molar-refractivity contribution < 1.29 is 4.79 Å². The molecule has 5 nitrogen and oxygen atoms in total. The van der Waals surface area contributed by atoms with Crippen molar-refractivity contribution in [2.45, 2.75) is 72.5 Å². The highest BCUT2D eigenvalue weighted by Crippen LogP contribution is 2.16. The Hall–Kier alpha value is -1.36. The number of primary amides is 1. The SMILES string of the molecule is Cc1nn(CCCC(C)(NC(C)C)C(N)=O)c(C)c1C. The van der Waals surface area contributed by atoms with Gasteiger partial charge in [-0.3, -0.25) is 9.48 Å². The van der Waals surface area contributed by atoms with Gasteiger partial charge in [-0.05, 0) is 59.9 Å². The van der Waals surface area contributed by atoms with Crippen LogP contribution in [0.4, 0.5) is 0 Å². The molecule has 20 heavy (non-hydrogen) atoms. The first kappa shape index (κ1) is 16.7. The molecule has 0 aliphatic carbocycles. The van der Waals surface area contributed by atoms with E-state index in [1.54, 1.807) is 0 Å². The maximum absolute atomic E-state index is 11.7. The molecule has 114 valence electrons. The second-order valence-electron chi connectivity index (χ2n) is 6.12. The summed E-state index contributed by atoms with van der Waals surface area (Å²) in [5.41, 5.74) is 8.38. The van der Waals surface area contributed by atoms with Crippen molar-refractivity contribution in [3.8, 4) is 0 Å². The molecule has 1 aromatic rings. The maximum atomic E-state index is 11.7. The van der Waals surface area contributed by atoms with Crippen LogP contribution in [0.2, 0.25) is 0 Å². The zero-order chi connectivity index (χ0) is 15.5. The topological polar surface area (TPSA) is 72.9 Å². The molecule has 1 rings (SSSR count). The summed E-state index contributed by atoms with van der Waals surface area (Å²) in [7, 11) is 0. The summed E-state index contributed by atoms with van der Waals surface area (Å²) in [5.74, 6) is -0.296. The Morgan fingerprint density at radius 3 is 2.40 bits per heavy atom. The molecule has 0 saturated heterocycles. The van der Waals surface area contributed by atoms with E-state index in [4.69, 9.17) is 5.73 Å². The number of amides is 1. The third kappa shape index (κ3) is 3.82. The zero-order valence-corrected chi connectivity index (χ0v) is 13.6. The number of nitrogens with one attached hydrogen (secondary N) is 1. The van der Waals surface area contributed by atoms with Crippen LogP contribution in [-0.2, 0) is 11.3 Å². The summed E-state index contributed by atoms with van der Waals surface area (Å²) < 4.78 is 2.02. The molecule has 0 fully saturated rings. The number of hydrogen-bond acceptors (Lipinski definition) is 3. The van der Waals surface area contributed by atoms with E-state index < -0.39 is 5.54 Å². The van der Waals surface area contributed by atoms with Gasteiger partial charge < -0.3 is 11.1 Å². The molecular weight excluding hydrogens is 252 g/mol. The molecule has 1 heterocycles. The van der Waals surface area contributed by atoms with E-state index in [0.717, 1.165) is 18.7 Å². The first-order valence-corrected chi connectivity index (χ1v) is 7.25. The van der Waals surface area contributed by atoms with Crippen LogP contribution in [0.3, 0.4) is 0 Å². The Balaban J connectivity index is 2.65. The van der Waals surface area contributed by atoms with Gasteiger partial charge >= 0.3 is 0 Å². The number of nitrogens with two attached hydrogens (primary N) is 1. The van der Waals surface area contributed by atoms with Gasteiger partial charge in [-0.25, -0.2) is 0 Å². The minimum Gasteiger partial charge on any atom is -0.368 e. The van der Waals surface area contributed by atoms with Crippen molar-refractivity contribution in [3.63, 3.8) is 0 Å². The Bertz CT molecular complexity index is 478. The van der Waals surface area contributed by atoms with Gasteiger partial charge in [0, 0.05) is 18.3 Å². The van der Waals surface area contributed by atoms with E-state index in [2.05, 4.69) is 24.3 Å². The second kappa shape index (κ2) is 6.39. The van der Waals surface area contributed by atoms with Crippen LogP contribution in [0, 0.1) is 20.8 Å². The maximum Gasteiger partial charge on any atom is 0.237 e. The Labute approximate surface area is 121 Å². The van der Waals surface area contributed by atoms with Crippen LogP contribution in [-0.4, -0.2) is 27.3 Å². The minimum atomic E-state index is -0.653. The fraction of sp³-hybridized carbons (Fsp3) is 0.733. The molecule has 0 aromatic carbocycles. The summed E-state index contributed by atoms with van der Waals surface area (Å²) in [6.45, 7) is 12.9. The van der Waals surface area contributed by atoms with Gasteiger partial charge in [0.2, 0.25) is 5.91 Å². The summed E-state index contributed by atoms with van der Waals surface area (Å²) in [6, 6.07) is 0.225. The average Bonchev–Trinajstić information content (AvgIpc) is 2.56. The van der Waals surface area contributed by atoms with E-state index in [0.29, 0.717) is 6.42 Å². The molecule has 0 aliphatic heterocycles. The average molecular weight is 280 g/mol. The quantitative estimate of drug-likeness (QED) is 0.800. The molecule has 3 N–H and O–H groups in total. The number of aromatic nitrogens is 2. The van der Waals surface area contributed by atoms with Crippen LogP contribution in [0.15, 0.2) is 0 Å². The molecule has 5 heteroatoms. The summed E-state index contributed by atoms with van der Waals surface area (Å²) in [4.78, 5) is 11.7. The zero-order valence-electron chi connectivity index (χ0n) is 13.6. The number of carbonyl (C=O) groups is 1. The molecule has 1 amide bonds. The fourth-order valence-corrected chi connectivity index (χ4v) is 2.49. The van der Waals surface area contributed by atoms with Crippen molar-refractivity contribution in [2.24, 2.45) is 5.73 Å². The Kier molecular flexibility index (Phi) is 5.34. The highest BCUT2D eigenvalue weighted by atomic mass is 16.1.